The molecule has 114 valence electrons. The molecule has 2 fully saturated rings. The Labute approximate surface area is 128 Å². The summed E-state index contributed by atoms with van der Waals surface area (Å²) in [6, 6.07) is 0.772. The van der Waals surface area contributed by atoms with Crippen molar-refractivity contribution >= 4 is 30.7 Å². The smallest absolute Gasteiger partial charge is 0.236 e. The monoisotopic (exact) mass is 311 g/mol. The summed E-state index contributed by atoms with van der Waals surface area (Å²) in [5.74, 6) is -0.00989. The Morgan fingerprint density at radius 2 is 1.68 bits per heavy atom. The van der Waals surface area contributed by atoms with Crippen LogP contribution in [0.4, 0.5) is 0 Å². The van der Waals surface area contributed by atoms with Crippen molar-refractivity contribution in [3.05, 3.63) is 0 Å². The van der Waals surface area contributed by atoms with Crippen LogP contribution >= 0.6 is 24.8 Å². The summed E-state index contributed by atoms with van der Waals surface area (Å²) in [5, 5.41) is 3.04. The van der Waals surface area contributed by atoms with Gasteiger partial charge in [0.05, 0.1) is 6.04 Å². The predicted octanol–water partition coefficient (Wildman–Crippen LogP) is 1.70. The molecule has 1 saturated heterocycles. The lowest BCUT2D eigenvalue weighted by Crippen LogP contribution is -2.50. The van der Waals surface area contributed by atoms with Gasteiger partial charge in [-0.2, -0.15) is 0 Å². The second-order valence-corrected chi connectivity index (χ2v) is 5.55. The Morgan fingerprint density at radius 1 is 1.16 bits per heavy atom. The number of likely N-dealkylation sites (tertiary alicyclic amines) is 1. The van der Waals surface area contributed by atoms with E-state index in [1.54, 1.807) is 6.92 Å². The van der Waals surface area contributed by atoms with Crippen LogP contribution in [0.2, 0.25) is 0 Å². The highest BCUT2D eigenvalue weighted by molar-refractivity contribution is 5.85. The van der Waals surface area contributed by atoms with Gasteiger partial charge in [0.15, 0.2) is 0 Å². The van der Waals surface area contributed by atoms with E-state index in [4.69, 9.17) is 5.73 Å². The van der Waals surface area contributed by atoms with Crippen molar-refractivity contribution in [2.75, 3.05) is 13.1 Å². The average molecular weight is 312 g/mol. The van der Waals surface area contributed by atoms with E-state index in [9.17, 15) is 4.79 Å². The maximum Gasteiger partial charge on any atom is 0.236 e. The fourth-order valence-electron chi connectivity index (χ4n) is 3.01. The SMILES string of the molecule is C[C@@H](N)C(=O)NC1CCN(C2CCCC2)CC1.Cl.Cl. The third kappa shape index (κ3) is 5.46. The van der Waals surface area contributed by atoms with Gasteiger partial charge < -0.3 is 16.0 Å². The van der Waals surface area contributed by atoms with E-state index in [0.717, 1.165) is 32.0 Å². The van der Waals surface area contributed by atoms with Crippen LogP contribution in [0, 0.1) is 0 Å². The summed E-state index contributed by atoms with van der Waals surface area (Å²) in [6.07, 6.45) is 7.69. The molecule has 1 heterocycles. The van der Waals surface area contributed by atoms with Gasteiger partial charge in [0.25, 0.3) is 0 Å². The minimum atomic E-state index is -0.386. The highest BCUT2D eigenvalue weighted by atomic mass is 35.5. The minimum absolute atomic E-state index is 0. The molecule has 2 rings (SSSR count). The summed E-state index contributed by atoms with van der Waals surface area (Å²) in [5.41, 5.74) is 5.56. The van der Waals surface area contributed by atoms with Gasteiger partial charge in [-0.15, -0.1) is 24.8 Å². The first kappa shape index (κ1) is 19.0. The quantitative estimate of drug-likeness (QED) is 0.834. The van der Waals surface area contributed by atoms with Crippen LogP contribution in [0.15, 0.2) is 0 Å². The molecule has 2 aliphatic rings. The van der Waals surface area contributed by atoms with E-state index in [1.807, 2.05) is 0 Å². The lowest BCUT2D eigenvalue weighted by Gasteiger charge is -2.36. The second-order valence-electron chi connectivity index (χ2n) is 5.55. The predicted molar refractivity (Wildman–Crippen MR) is 83.1 cm³/mol. The highest BCUT2D eigenvalue weighted by Gasteiger charge is 2.27. The molecule has 1 amide bonds. The summed E-state index contributed by atoms with van der Waals surface area (Å²) >= 11 is 0. The molecule has 1 atom stereocenters. The number of piperidine rings is 1. The first-order valence-corrected chi connectivity index (χ1v) is 6.97. The number of rotatable bonds is 3. The summed E-state index contributed by atoms with van der Waals surface area (Å²) in [4.78, 5) is 14.1. The van der Waals surface area contributed by atoms with E-state index >= 15 is 0 Å². The Bertz CT molecular complexity index is 263. The van der Waals surface area contributed by atoms with Gasteiger partial charge in [0.2, 0.25) is 5.91 Å². The fraction of sp³-hybridized carbons (Fsp3) is 0.923. The van der Waals surface area contributed by atoms with Gasteiger partial charge in [-0.25, -0.2) is 0 Å². The van der Waals surface area contributed by atoms with Crippen LogP contribution in [0.5, 0.6) is 0 Å². The van der Waals surface area contributed by atoms with Crippen LogP contribution in [0.1, 0.15) is 45.4 Å². The molecule has 0 aromatic rings. The molecule has 0 spiro atoms. The largest absolute Gasteiger partial charge is 0.352 e. The van der Waals surface area contributed by atoms with Crippen LogP contribution in [-0.2, 0) is 4.79 Å². The topological polar surface area (TPSA) is 58.4 Å². The molecular weight excluding hydrogens is 285 g/mol. The summed E-state index contributed by atoms with van der Waals surface area (Å²) < 4.78 is 0. The summed E-state index contributed by atoms with van der Waals surface area (Å²) in [7, 11) is 0. The van der Waals surface area contributed by atoms with Gasteiger partial charge in [-0.1, -0.05) is 12.8 Å². The third-order valence-electron chi connectivity index (χ3n) is 4.13. The molecule has 6 heteroatoms. The van der Waals surface area contributed by atoms with Crippen molar-refractivity contribution in [2.45, 2.75) is 63.6 Å². The molecular formula is C13H27Cl2N3O. The van der Waals surface area contributed by atoms with Gasteiger partial charge in [0, 0.05) is 25.2 Å². The van der Waals surface area contributed by atoms with Gasteiger partial charge in [0.1, 0.15) is 0 Å². The lowest BCUT2D eigenvalue weighted by atomic mass is 10.0. The summed E-state index contributed by atoms with van der Waals surface area (Å²) in [6.45, 7) is 4.01. The average Bonchev–Trinajstić information content (AvgIpc) is 2.83. The van der Waals surface area contributed by atoms with Crippen LogP contribution < -0.4 is 11.1 Å². The molecule has 4 nitrogen and oxygen atoms in total. The number of carbonyl (C=O) groups excluding carboxylic acids is 1. The number of nitrogens with one attached hydrogen (secondary N) is 1. The molecule has 1 aliphatic heterocycles. The van der Waals surface area contributed by atoms with Crippen molar-refractivity contribution in [2.24, 2.45) is 5.73 Å². The van der Waals surface area contributed by atoms with Crippen molar-refractivity contribution in [1.82, 2.24) is 10.2 Å². The first-order valence-electron chi connectivity index (χ1n) is 6.97. The standard InChI is InChI=1S/C13H25N3O.2ClH/c1-10(14)13(17)15-11-6-8-16(9-7-11)12-4-2-3-5-12;;/h10-12H,2-9,14H2,1H3,(H,15,17);2*1H/t10-;;/m1../s1. The minimum Gasteiger partial charge on any atom is -0.352 e. The number of nitrogens with two attached hydrogens (primary N) is 1. The van der Waals surface area contributed by atoms with Crippen molar-refractivity contribution < 1.29 is 4.79 Å². The Kier molecular flexibility index (Phi) is 8.99. The van der Waals surface area contributed by atoms with Crippen molar-refractivity contribution in [3.8, 4) is 0 Å². The number of amides is 1. The van der Waals surface area contributed by atoms with E-state index in [2.05, 4.69) is 10.2 Å². The number of halogens is 2. The fourth-order valence-corrected chi connectivity index (χ4v) is 3.01. The molecule has 0 aromatic heterocycles. The zero-order chi connectivity index (χ0) is 12.3. The number of hydrogen-bond donors (Lipinski definition) is 2. The van der Waals surface area contributed by atoms with E-state index in [-0.39, 0.29) is 36.8 Å². The Hall–Kier alpha value is -0.0300. The Balaban J connectivity index is 0.00000162. The lowest BCUT2D eigenvalue weighted by molar-refractivity contribution is -0.123. The number of carbonyl (C=O) groups is 1. The Morgan fingerprint density at radius 3 is 2.16 bits per heavy atom. The van der Waals surface area contributed by atoms with E-state index < -0.39 is 0 Å². The van der Waals surface area contributed by atoms with Gasteiger partial charge in [-0.05, 0) is 32.6 Å². The third-order valence-corrected chi connectivity index (χ3v) is 4.13. The zero-order valence-electron chi connectivity index (χ0n) is 11.6. The first-order chi connectivity index (χ1) is 8.16. The molecule has 1 saturated carbocycles. The van der Waals surface area contributed by atoms with Crippen molar-refractivity contribution in [3.63, 3.8) is 0 Å². The number of hydrogen-bond acceptors (Lipinski definition) is 3. The molecule has 0 radical (unpaired) electrons. The van der Waals surface area contributed by atoms with Crippen LogP contribution in [0.25, 0.3) is 0 Å². The maximum atomic E-state index is 11.5. The van der Waals surface area contributed by atoms with E-state index in [0.29, 0.717) is 6.04 Å². The zero-order valence-corrected chi connectivity index (χ0v) is 13.3. The van der Waals surface area contributed by atoms with Crippen LogP contribution in [0.3, 0.4) is 0 Å². The second kappa shape index (κ2) is 9.01. The molecule has 3 N–H and O–H groups in total. The molecule has 0 unspecified atom stereocenters. The molecule has 19 heavy (non-hydrogen) atoms. The molecule has 0 bridgehead atoms. The van der Waals surface area contributed by atoms with Gasteiger partial charge in [-0.3, -0.25) is 4.79 Å². The van der Waals surface area contributed by atoms with Crippen LogP contribution in [-0.4, -0.2) is 42.0 Å². The van der Waals surface area contributed by atoms with Crippen molar-refractivity contribution in [1.29, 1.82) is 0 Å². The normalized spacial score (nSPS) is 23.3. The highest BCUT2D eigenvalue weighted by Crippen LogP contribution is 2.26. The number of nitrogens with zero attached hydrogens (tertiary/aromatic N) is 1. The molecule has 1 aliphatic carbocycles. The maximum absolute atomic E-state index is 11.5. The van der Waals surface area contributed by atoms with E-state index in [1.165, 1.54) is 25.7 Å². The van der Waals surface area contributed by atoms with Gasteiger partial charge >= 0.3 is 0 Å². The molecule has 0 aromatic carbocycles.